The summed E-state index contributed by atoms with van der Waals surface area (Å²) in [4.78, 5) is 26.1. The molecular weight excluding hydrogens is 449 g/mol. The number of amides is 1. The molecule has 1 heterocycles. The molecule has 1 atom stereocenters. The molecule has 6 nitrogen and oxygen atoms in total. The number of carboxylic acids is 1. The molecule has 0 radical (unpaired) electrons. The van der Waals surface area contributed by atoms with Crippen molar-refractivity contribution in [2.24, 2.45) is 0 Å². The maximum Gasteiger partial charge on any atom is 0.323 e. The van der Waals surface area contributed by atoms with Crippen LogP contribution in [0, 0.1) is 5.82 Å². The fraction of sp³-hybridized carbons (Fsp3) is 0.286. The first-order valence-corrected chi connectivity index (χ1v) is 11.4. The van der Waals surface area contributed by atoms with Crippen LogP contribution in [0.25, 0.3) is 0 Å². The topological polar surface area (TPSA) is 76.1 Å². The molecule has 1 aliphatic heterocycles. The lowest BCUT2D eigenvalue weighted by Crippen LogP contribution is -2.37. The highest BCUT2D eigenvalue weighted by Crippen LogP contribution is 2.37. The first-order valence-electron chi connectivity index (χ1n) is 11.4. The molecule has 0 saturated carbocycles. The summed E-state index contributed by atoms with van der Waals surface area (Å²) in [5.41, 5.74) is 2.71. The second-order valence-electron chi connectivity index (χ2n) is 9.08. The van der Waals surface area contributed by atoms with Gasteiger partial charge in [0.1, 0.15) is 29.5 Å². The number of nitrogens with zero attached hydrogens (tertiary/aromatic N) is 1. The quantitative estimate of drug-likeness (QED) is 0.490. The number of hydrogen-bond donors (Lipinski definition) is 1. The number of ether oxygens (including phenoxy) is 2. The Bertz CT molecular complexity index is 1230. The molecule has 1 amide bonds. The monoisotopic (exact) mass is 477 g/mol. The van der Waals surface area contributed by atoms with Crippen LogP contribution in [0.2, 0.25) is 0 Å². The minimum Gasteiger partial charge on any atom is -0.497 e. The van der Waals surface area contributed by atoms with E-state index < -0.39 is 18.1 Å². The molecular formula is C28H28FNO5. The lowest BCUT2D eigenvalue weighted by molar-refractivity contribution is -0.137. The highest BCUT2D eigenvalue weighted by atomic mass is 19.1. The number of rotatable bonds is 9. The Kier molecular flexibility index (Phi) is 7.05. The van der Waals surface area contributed by atoms with Gasteiger partial charge in [0.05, 0.1) is 7.11 Å². The van der Waals surface area contributed by atoms with Crippen LogP contribution in [-0.4, -0.2) is 47.7 Å². The Morgan fingerprint density at radius 3 is 2.57 bits per heavy atom. The number of halogens is 1. The van der Waals surface area contributed by atoms with Crippen molar-refractivity contribution in [1.82, 2.24) is 4.90 Å². The third-order valence-electron chi connectivity index (χ3n) is 6.14. The van der Waals surface area contributed by atoms with Crippen LogP contribution in [0.4, 0.5) is 4.39 Å². The van der Waals surface area contributed by atoms with E-state index in [0.29, 0.717) is 36.3 Å². The molecule has 4 rings (SSSR count). The van der Waals surface area contributed by atoms with Crippen LogP contribution in [0.1, 0.15) is 34.0 Å². The first-order chi connectivity index (χ1) is 16.7. The molecule has 35 heavy (non-hydrogen) atoms. The van der Waals surface area contributed by atoms with Crippen LogP contribution < -0.4 is 9.47 Å². The Morgan fingerprint density at radius 2 is 1.86 bits per heavy atom. The van der Waals surface area contributed by atoms with Gasteiger partial charge in [0.15, 0.2) is 0 Å². The normalized spacial score (nSPS) is 16.3. The van der Waals surface area contributed by atoms with E-state index >= 15 is 0 Å². The number of carboxylic acid groups (broad SMARTS) is 1. The Morgan fingerprint density at radius 1 is 1.09 bits per heavy atom. The van der Waals surface area contributed by atoms with Gasteiger partial charge in [0.2, 0.25) is 0 Å². The fourth-order valence-corrected chi connectivity index (χ4v) is 4.48. The fourth-order valence-electron chi connectivity index (χ4n) is 4.48. The van der Waals surface area contributed by atoms with Gasteiger partial charge in [-0.15, -0.1) is 0 Å². The number of benzene rings is 3. The van der Waals surface area contributed by atoms with E-state index in [4.69, 9.17) is 9.47 Å². The standard InChI is InChI=1S/C28H28FNO5/c1-28(16-20-6-9-23(29)10-7-20)17-22-15-21(8-11-25(22)35-28)27(33)30(18-26(31)32)13-12-19-4-3-5-24(14-19)34-2/h3-11,14-15H,12-13,16-18H2,1-2H3,(H,31,32). The van der Waals surface area contributed by atoms with Crippen LogP contribution in [0.3, 0.4) is 0 Å². The molecule has 3 aromatic carbocycles. The van der Waals surface area contributed by atoms with Crippen molar-refractivity contribution < 1.29 is 28.6 Å². The minimum absolute atomic E-state index is 0.258. The molecule has 7 heteroatoms. The number of fused-ring (bicyclic) bond motifs is 1. The molecule has 0 aromatic heterocycles. The van der Waals surface area contributed by atoms with Crippen LogP contribution in [0.15, 0.2) is 66.7 Å². The number of methoxy groups -OCH3 is 1. The Balaban J connectivity index is 1.47. The summed E-state index contributed by atoms with van der Waals surface area (Å²) in [6.07, 6.45) is 1.68. The Hall–Kier alpha value is -3.87. The summed E-state index contributed by atoms with van der Waals surface area (Å²) in [5.74, 6) is -0.283. The predicted molar refractivity (Wildman–Crippen MR) is 130 cm³/mol. The lowest BCUT2D eigenvalue weighted by Gasteiger charge is -2.24. The average molecular weight is 478 g/mol. The van der Waals surface area contributed by atoms with Crippen molar-refractivity contribution in [3.63, 3.8) is 0 Å². The molecule has 182 valence electrons. The van der Waals surface area contributed by atoms with Gasteiger partial charge in [-0.05, 0) is 72.5 Å². The van der Waals surface area contributed by atoms with Crippen molar-refractivity contribution in [3.8, 4) is 11.5 Å². The van der Waals surface area contributed by atoms with E-state index in [-0.39, 0.29) is 18.3 Å². The molecule has 1 aliphatic rings. The number of carbonyl (C=O) groups is 2. The SMILES string of the molecule is COc1cccc(CCN(CC(=O)O)C(=O)c2ccc3c(c2)CC(C)(Cc2ccc(F)cc2)O3)c1. The van der Waals surface area contributed by atoms with Gasteiger partial charge >= 0.3 is 5.97 Å². The average Bonchev–Trinajstić information content (AvgIpc) is 3.17. The van der Waals surface area contributed by atoms with E-state index in [9.17, 15) is 19.1 Å². The summed E-state index contributed by atoms with van der Waals surface area (Å²) in [6, 6.07) is 19.1. The largest absolute Gasteiger partial charge is 0.497 e. The van der Waals surface area contributed by atoms with Crippen molar-refractivity contribution in [2.75, 3.05) is 20.2 Å². The summed E-state index contributed by atoms with van der Waals surface area (Å²) in [6.45, 7) is 1.86. The van der Waals surface area contributed by atoms with Gasteiger partial charge in [0, 0.05) is 24.9 Å². The van der Waals surface area contributed by atoms with E-state index in [1.54, 1.807) is 37.4 Å². The van der Waals surface area contributed by atoms with Crippen LogP contribution in [-0.2, 0) is 24.1 Å². The van der Waals surface area contributed by atoms with Gasteiger partial charge in [-0.1, -0.05) is 24.3 Å². The zero-order valence-corrected chi connectivity index (χ0v) is 19.8. The molecule has 0 saturated heterocycles. The van der Waals surface area contributed by atoms with Gasteiger partial charge in [-0.2, -0.15) is 0 Å². The van der Waals surface area contributed by atoms with E-state index in [0.717, 1.165) is 16.7 Å². The molecule has 0 aliphatic carbocycles. The summed E-state index contributed by atoms with van der Waals surface area (Å²) >= 11 is 0. The zero-order chi connectivity index (χ0) is 25.0. The molecule has 0 bridgehead atoms. The second kappa shape index (κ2) is 10.2. The number of carbonyl (C=O) groups excluding carboxylic acids is 1. The number of aliphatic carboxylic acids is 1. The van der Waals surface area contributed by atoms with Gasteiger partial charge in [0.25, 0.3) is 5.91 Å². The number of hydrogen-bond acceptors (Lipinski definition) is 4. The molecule has 3 aromatic rings. The van der Waals surface area contributed by atoms with Gasteiger partial charge in [-0.3, -0.25) is 9.59 Å². The third-order valence-corrected chi connectivity index (χ3v) is 6.14. The highest BCUT2D eigenvalue weighted by molar-refractivity contribution is 5.96. The van der Waals surface area contributed by atoms with E-state index in [1.807, 2.05) is 31.2 Å². The summed E-state index contributed by atoms with van der Waals surface area (Å²) in [7, 11) is 1.58. The summed E-state index contributed by atoms with van der Waals surface area (Å²) < 4.78 is 24.7. The first kappa shape index (κ1) is 24.3. The highest BCUT2D eigenvalue weighted by Gasteiger charge is 2.35. The van der Waals surface area contributed by atoms with Crippen LogP contribution in [0.5, 0.6) is 11.5 Å². The predicted octanol–water partition coefficient (Wildman–Crippen LogP) is 4.54. The molecule has 0 spiro atoms. The van der Waals surface area contributed by atoms with Crippen molar-refractivity contribution in [2.45, 2.75) is 31.8 Å². The maximum absolute atomic E-state index is 13.3. The summed E-state index contributed by atoms with van der Waals surface area (Å²) in [5, 5.41) is 9.38. The molecule has 1 N–H and O–H groups in total. The molecule has 0 fully saturated rings. The third kappa shape index (κ3) is 5.98. The minimum atomic E-state index is -1.07. The second-order valence-corrected chi connectivity index (χ2v) is 9.08. The van der Waals surface area contributed by atoms with Gasteiger partial charge < -0.3 is 19.5 Å². The van der Waals surface area contributed by atoms with E-state index in [2.05, 4.69) is 0 Å². The van der Waals surface area contributed by atoms with Crippen molar-refractivity contribution in [1.29, 1.82) is 0 Å². The maximum atomic E-state index is 13.3. The Labute approximate surface area is 203 Å². The smallest absolute Gasteiger partial charge is 0.323 e. The van der Waals surface area contributed by atoms with Gasteiger partial charge in [-0.25, -0.2) is 4.39 Å². The van der Waals surface area contributed by atoms with Crippen molar-refractivity contribution >= 4 is 11.9 Å². The van der Waals surface area contributed by atoms with Crippen LogP contribution >= 0.6 is 0 Å². The van der Waals surface area contributed by atoms with E-state index in [1.165, 1.54) is 17.0 Å². The molecule has 1 unspecified atom stereocenters. The lowest BCUT2D eigenvalue weighted by atomic mass is 9.91. The zero-order valence-electron chi connectivity index (χ0n) is 19.8. The van der Waals surface area contributed by atoms with Crippen molar-refractivity contribution in [3.05, 3.63) is 94.8 Å².